The summed E-state index contributed by atoms with van der Waals surface area (Å²) in [5.41, 5.74) is 1.76. The normalized spacial score (nSPS) is 31.8. The van der Waals surface area contributed by atoms with E-state index in [0.717, 1.165) is 7.05 Å². The maximum absolute atomic E-state index is 11.1. The second kappa shape index (κ2) is 6.70. The monoisotopic (exact) mass is 281 g/mol. The van der Waals surface area contributed by atoms with Crippen molar-refractivity contribution < 1.29 is 34.8 Å². The van der Waals surface area contributed by atoms with Crippen LogP contribution in [0.15, 0.2) is 5.29 Å². The molecule has 11 nitrogen and oxygen atoms in total. The van der Waals surface area contributed by atoms with Crippen LogP contribution < -0.4 is 5.48 Å². The van der Waals surface area contributed by atoms with E-state index in [0.29, 0.717) is 5.01 Å². The molecular weight excluding hydrogens is 266 g/mol. The van der Waals surface area contributed by atoms with Gasteiger partial charge >= 0.3 is 6.03 Å². The first kappa shape index (κ1) is 15.7. The fraction of sp³-hybridized carbons (Fsp3) is 0.875. The average Bonchev–Trinajstić information content (AvgIpc) is 2.70. The smallest absolute Gasteiger partial charge is 0.364 e. The van der Waals surface area contributed by atoms with Gasteiger partial charge in [-0.3, -0.25) is 0 Å². The van der Waals surface area contributed by atoms with Crippen molar-refractivity contribution in [2.45, 2.75) is 30.7 Å². The van der Waals surface area contributed by atoms with Gasteiger partial charge in [0.15, 0.2) is 0 Å². The van der Waals surface area contributed by atoms with E-state index in [2.05, 4.69) is 10.1 Å². The highest BCUT2D eigenvalue weighted by atomic mass is 16.8. The summed E-state index contributed by atoms with van der Waals surface area (Å²) in [7, 11) is 1.06. The number of nitrogens with zero attached hydrogens (tertiary/aromatic N) is 2. The third-order valence-corrected chi connectivity index (χ3v) is 2.50. The number of carbonyl (C=O) groups is 1. The minimum Gasteiger partial charge on any atom is -0.394 e. The summed E-state index contributed by atoms with van der Waals surface area (Å²) < 4.78 is 4.93. The summed E-state index contributed by atoms with van der Waals surface area (Å²) in [5, 5.41) is 39.8. The summed E-state index contributed by atoms with van der Waals surface area (Å²) in [5.74, 6) is 0. The predicted octanol–water partition coefficient (Wildman–Crippen LogP) is -2.96. The number of hydrogen-bond acceptors (Lipinski definition) is 9. The molecule has 19 heavy (non-hydrogen) atoms. The van der Waals surface area contributed by atoms with Crippen LogP contribution in [0.1, 0.15) is 0 Å². The van der Waals surface area contributed by atoms with Gasteiger partial charge in [-0.25, -0.2) is 15.1 Å². The second-order valence-corrected chi connectivity index (χ2v) is 3.83. The minimum atomic E-state index is -1.55. The van der Waals surface area contributed by atoms with E-state index < -0.39 is 43.3 Å². The van der Waals surface area contributed by atoms with Crippen LogP contribution in [-0.4, -0.2) is 75.8 Å². The molecule has 1 heterocycles. The molecule has 2 amide bonds. The molecule has 1 aliphatic heterocycles. The van der Waals surface area contributed by atoms with Crippen molar-refractivity contribution in [3.63, 3.8) is 0 Å². The first-order valence-corrected chi connectivity index (χ1v) is 5.25. The maximum Gasteiger partial charge on any atom is 0.364 e. The molecule has 0 unspecified atom stereocenters. The van der Waals surface area contributed by atoms with Crippen LogP contribution in [0.2, 0.25) is 0 Å². The van der Waals surface area contributed by atoms with Crippen molar-refractivity contribution in [2.24, 2.45) is 5.29 Å². The summed E-state index contributed by atoms with van der Waals surface area (Å²) in [4.78, 5) is 25.7. The molecule has 5 N–H and O–H groups in total. The molecule has 11 heteroatoms. The van der Waals surface area contributed by atoms with Crippen molar-refractivity contribution in [3.05, 3.63) is 4.91 Å². The number of amides is 2. The molecule has 0 aromatic carbocycles. The van der Waals surface area contributed by atoms with Crippen LogP contribution in [0, 0.1) is 4.91 Å². The van der Waals surface area contributed by atoms with Crippen molar-refractivity contribution in [2.75, 3.05) is 13.7 Å². The Balaban J connectivity index is 2.52. The lowest BCUT2D eigenvalue weighted by molar-refractivity contribution is -0.201. The van der Waals surface area contributed by atoms with Gasteiger partial charge in [-0.1, -0.05) is 0 Å². The van der Waals surface area contributed by atoms with Gasteiger partial charge in [0.2, 0.25) is 6.29 Å². The third kappa shape index (κ3) is 3.56. The molecule has 1 fully saturated rings. The SMILES string of the molecule is CN(N=O)C(=O)NO[C@H]1O[C@H]([C@@H](O)CO)[C@H](O)[C@H]1O. The summed E-state index contributed by atoms with van der Waals surface area (Å²) in [6, 6.07) is -1.02. The third-order valence-electron chi connectivity index (χ3n) is 2.50. The molecule has 0 saturated carbocycles. The fourth-order valence-electron chi connectivity index (χ4n) is 1.40. The highest BCUT2D eigenvalue weighted by molar-refractivity contribution is 5.72. The Morgan fingerprint density at radius 1 is 1.53 bits per heavy atom. The number of ether oxygens (including phenoxy) is 1. The van der Waals surface area contributed by atoms with Gasteiger partial charge in [-0.05, 0) is 0 Å². The highest BCUT2D eigenvalue weighted by Crippen LogP contribution is 2.23. The Morgan fingerprint density at radius 2 is 2.16 bits per heavy atom. The molecule has 0 aliphatic carbocycles. The van der Waals surface area contributed by atoms with Gasteiger partial charge < -0.3 is 25.2 Å². The summed E-state index contributed by atoms with van der Waals surface area (Å²) in [6.07, 6.45) is -7.23. The molecule has 0 radical (unpaired) electrons. The highest BCUT2D eigenvalue weighted by Gasteiger charge is 2.47. The van der Waals surface area contributed by atoms with Crippen molar-refractivity contribution >= 4 is 6.03 Å². The van der Waals surface area contributed by atoms with Gasteiger partial charge in [0, 0.05) is 7.05 Å². The number of hydroxylamine groups is 1. The van der Waals surface area contributed by atoms with E-state index in [-0.39, 0.29) is 0 Å². The number of nitrogens with one attached hydrogen (secondary N) is 1. The average molecular weight is 281 g/mol. The second-order valence-electron chi connectivity index (χ2n) is 3.83. The lowest BCUT2D eigenvalue weighted by atomic mass is 10.1. The number of nitroso groups, excluding NO2 is 1. The van der Waals surface area contributed by atoms with Gasteiger partial charge in [0.1, 0.15) is 24.4 Å². The first-order valence-electron chi connectivity index (χ1n) is 5.25. The van der Waals surface area contributed by atoms with Gasteiger partial charge in [0.05, 0.1) is 11.9 Å². The van der Waals surface area contributed by atoms with Gasteiger partial charge in [-0.15, -0.1) is 4.91 Å². The molecule has 1 saturated heterocycles. The van der Waals surface area contributed by atoms with Crippen LogP contribution in [0.4, 0.5) is 4.79 Å². The van der Waals surface area contributed by atoms with Crippen molar-refractivity contribution in [3.8, 4) is 0 Å². The Kier molecular flexibility index (Phi) is 5.53. The summed E-state index contributed by atoms with van der Waals surface area (Å²) >= 11 is 0. The van der Waals surface area contributed by atoms with E-state index in [9.17, 15) is 25.0 Å². The van der Waals surface area contributed by atoms with Crippen LogP contribution in [-0.2, 0) is 9.57 Å². The molecule has 0 bridgehead atoms. The van der Waals surface area contributed by atoms with E-state index in [1.165, 1.54) is 0 Å². The number of aliphatic hydroxyl groups is 4. The zero-order valence-electron chi connectivity index (χ0n) is 9.91. The lowest BCUT2D eigenvalue weighted by Crippen LogP contribution is -2.42. The minimum absolute atomic E-state index is 0.387. The first-order chi connectivity index (χ1) is 8.92. The van der Waals surface area contributed by atoms with Crippen molar-refractivity contribution in [1.29, 1.82) is 0 Å². The standard InChI is InChI=1S/C8H15N3O8/c1-11(10-17)8(16)9-19-7-5(15)4(14)6(18-7)3(13)2-12/h3-7,12-15H,2H2,1H3,(H,9,16)/t3-,4+,5+,6+,7+/m0/s1. The largest absolute Gasteiger partial charge is 0.394 e. The number of hydrogen-bond donors (Lipinski definition) is 5. The number of aliphatic hydroxyl groups excluding tert-OH is 4. The Bertz CT molecular complexity index is 329. The zero-order chi connectivity index (χ0) is 14.6. The molecule has 1 aliphatic rings. The van der Waals surface area contributed by atoms with E-state index in [1.807, 2.05) is 0 Å². The van der Waals surface area contributed by atoms with E-state index >= 15 is 0 Å². The van der Waals surface area contributed by atoms with Crippen LogP contribution in [0.25, 0.3) is 0 Å². The molecule has 110 valence electrons. The van der Waals surface area contributed by atoms with Gasteiger partial charge in [-0.2, -0.15) is 5.01 Å². The summed E-state index contributed by atoms with van der Waals surface area (Å²) in [6.45, 7) is -0.689. The van der Waals surface area contributed by atoms with Crippen LogP contribution in [0.5, 0.6) is 0 Å². The zero-order valence-corrected chi connectivity index (χ0v) is 9.91. The fourth-order valence-corrected chi connectivity index (χ4v) is 1.40. The van der Waals surface area contributed by atoms with Crippen LogP contribution >= 0.6 is 0 Å². The number of rotatable bonds is 5. The van der Waals surface area contributed by atoms with E-state index in [1.54, 1.807) is 5.48 Å². The lowest BCUT2D eigenvalue weighted by Gasteiger charge is -2.18. The topological polar surface area (TPSA) is 161 Å². The Hall–Kier alpha value is -1.37. The molecule has 5 atom stereocenters. The number of carbonyl (C=O) groups excluding carboxylic acids is 1. The maximum atomic E-state index is 11.1. The quantitative estimate of drug-likeness (QED) is 0.264. The van der Waals surface area contributed by atoms with Crippen molar-refractivity contribution in [1.82, 2.24) is 10.5 Å². The Labute approximate surface area is 107 Å². The molecule has 0 spiro atoms. The molecule has 0 aromatic heterocycles. The van der Waals surface area contributed by atoms with Crippen LogP contribution in [0.3, 0.4) is 0 Å². The Morgan fingerprint density at radius 3 is 2.68 bits per heavy atom. The molecular formula is C8H15N3O8. The predicted molar refractivity (Wildman–Crippen MR) is 56.9 cm³/mol. The van der Waals surface area contributed by atoms with Gasteiger partial charge in [0.25, 0.3) is 0 Å². The number of urea groups is 1. The molecule has 0 aromatic rings. The molecule has 1 rings (SSSR count). The van der Waals surface area contributed by atoms with E-state index in [4.69, 9.17) is 9.84 Å².